The zero-order valence-corrected chi connectivity index (χ0v) is 8.77. The summed E-state index contributed by atoms with van der Waals surface area (Å²) in [5, 5.41) is 11.7. The molecule has 2 nitrogen and oxygen atoms in total. The molecule has 0 aromatic rings. The fourth-order valence-corrected chi connectivity index (χ4v) is 2.08. The summed E-state index contributed by atoms with van der Waals surface area (Å²) in [6.45, 7) is 0.123. The van der Waals surface area contributed by atoms with E-state index in [4.69, 9.17) is 11.7 Å². The predicted molar refractivity (Wildman–Crippen MR) is 53.2 cm³/mol. The van der Waals surface area contributed by atoms with Gasteiger partial charge in [0.15, 0.2) is 0 Å². The van der Waals surface area contributed by atoms with Crippen molar-refractivity contribution in [2.45, 2.75) is 37.4 Å². The Bertz CT molecular complexity index is 324. The number of nitriles is 1. The summed E-state index contributed by atoms with van der Waals surface area (Å²) < 4.78 is 37.7. The molecule has 1 rings (SSSR count). The first kappa shape index (κ1) is 12.9. The lowest BCUT2D eigenvalue weighted by atomic mass is 9.76. The van der Waals surface area contributed by atoms with Crippen molar-refractivity contribution in [3.05, 3.63) is 0 Å². The van der Waals surface area contributed by atoms with E-state index in [1.54, 1.807) is 0 Å². The maximum atomic E-state index is 12.6. The molecule has 0 aliphatic heterocycles. The Morgan fingerprint density at radius 1 is 1.50 bits per heavy atom. The number of hydrogen-bond donors (Lipinski definition) is 1. The summed E-state index contributed by atoms with van der Waals surface area (Å²) in [5.74, 6) is 0.887. The van der Waals surface area contributed by atoms with Gasteiger partial charge in [0.1, 0.15) is 5.54 Å². The van der Waals surface area contributed by atoms with Crippen molar-refractivity contribution in [2.24, 2.45) is 5.92 Å². The molecule has 0 spiro atoms. The van der Waals surface area contributed by atoms with Gasteiger partial charge >= 0.3 is 6.18 Å². The maximum Gasteiger partial charge on any atom is 0.391 e. The van der Waals surface area contributed by atoms with Gasteiger partial charge in [-0.3, -0.25) is 5.32 Å². The van der Waals surface area contributed by atoms with Gasteiger partial charge in [0.25, 0.3) is 0 Å². The van der Waals surface area contributed by atoms with Gasteiger partial charge in [-0.05, 0) is 25.7 Å². The van der Waals surface area contributed by atoms with Crippen molar-refractivity contribution >= 4 is 0 Å². The van der Waals surface area contributed by atoms with E-state index in [1.165, 1.54) is 0 Å². The second-order valence-electron chi connectivity index (χ2n) is 4.09. The van der Waals surface area contributed by atoms with E-state index in [-0.39, 0.29) is 19.4 Å². The highest BCUT2D eigenvalue weighted by Gasteiger charge is 2.47. The van der Waals surface area contributed by atoms with Gasteiger partial charge in [-0.1, -0.05) is 5.92 Å². The third kappa shape index (κ3) is 2.90. The van der Waals surface area contributed by atoms with Crippen LogP contribution >= 0.6 is 0 Å². The zero-order chi connectivity index (χ0) is 12.2. The summed E-state index contributed by atoms with van der Waals surface area (Å²) in [5.41, 5.74) is -1.11. The normalized spacial score (nSPS) is 30.4. The summed E-state index contributed by atoms with van der Waals surface area (Å²) >= 11 is 0. The average Bonchev–Trinajstić information content (AvgIpc) is 2.25. The highest BCUT2D eigenvalue weighted by Crippen LogP contribution is 2.41. The SMILES string of the molecule is C#CCNC1(C#N)CCCC(C(F)(F)F)C1. The van der Waals surface area contributed by atoms with Crippen LogP contribution < -0.4 is 5.32 Å². The molecule has 1 N–H and O–H groups in total. The Morgan fingerprint density at radius 2 is 2.19 bits per heavy atom. The second-order valence-corrected chi connectivity index (χ2v) is 4.09. The molecule has 2 unspecified atom stereocenters. The molecule has 1 saturated carbocycles. The van der Waals surface area contributed by atoms with E-state index >= 15 is 0 Å². The van der Waals surface area contributed by atoms with Crippen LogP contribution in [0.3, 0.4) is 0 Å². The van der Waals surface area contributed by atoms with Crippen LogP contribution in [0.4, 0.5) is 13.2 Å². The lowest BCUT2D eigenvalue weighted by molar-refractivity contribution is -0.186. The second kappa shape index (κ2) is 4.76. The molecule has 0 aromatic carbocycles. The number of halogens is 3. The van der Waals surface area contributed by atoms with E-state index < -0.39 is 17.6 Å². The van der Waals surface area contributed by atoms with Crippen molar-refractivity contribution in [2.75, 3.05) is 6.54 Å². The van der Waals surface area contributed by atoms with Crippen molar-refractivity contribution in [1.82, 2.24) is 5.32 Å². The Morgan fingerprint density at radius 3 is 2.69 bits per heavy atom. The first-order valence-electron chi connectivity index (χ1n) is 5.10. The van der Waals surface area contributed by atoms with Gasteiger partial charge in [0.05, 0.1) is 18.5 Å². The Balaban J connectivity index is 2.74. The predicted octanol–water partition coefficient (Wildman–Crippen LogP) is 2.22. The molecular weight excluding hydrogens is 217 g/mol. The first-order valence-corrected chi connectivity index (χ1v) is 5.10. The van der Waals surface area contributed by atoms with E-state index in [2.05, 4.69) is 11.2 Å². The van der Waals surface area contributed by atoms with Crippen molar-refractivity contribution in [1.29, 1.82) is 5.26 Å². The molecule has 0 radical (unpaired) electrons. The third-order valence-corrected chi connectivity index (χ3v) is 2.96. The summed E-state index contributed by atoms with van der Waals surface area (Å²) in [4.78, 5) is 0. The van der Waals surface area contributed by atoms with Crippen LogP contribution in [-0.2, 0) is 0 Å². The smallest absolute Gasteiger partial charge is 0.288 e. The van der Waals surface area contributed by atoms with Crippen LogP contribution in [0, 0.1) is 29.6 Å². The number of nitrogens with one attached hydrogen (secondary N) is 1. The molecule has 0 aromatic heterocycles. The topological polar surface area (TPSA) is 35.8 Å². The van der Waals surface area contributed by atoms with Crippen LogP contribution in [0.1, 0.15) is 25.7 Å². The van der Waals surface area contributed by atoms with E-state index in [1.807, 2.05) is 6.07 Å². The molecule has 16 heavy (non-hydrogen) atoms. The minimum atomic E-state index is -4.22. The monoisotopic (exact) mass is 230 g/mol. The van der Waals surface area contributed by atoms with Crippen LogP contribution in [0.5, 0.6) is 0 Å². The van der Waals surface area contributed by atoms with E-state index in [9.17, 15) is 13.2 Å². The quantitative estimate of drug-likeness (QED) is 0.738. The van der Waals surface area contributed by atoms with Crippen LogP contribution in [-0.4, -0.2) is 18.3 Å². The van der Waals surface area contributed by atoms with Crippen molar-refractivity contribution in [3.63, 3.8) is 0 Å². The Hall–Kier alpha value is -1.20. The Labute approximate surface area is 92.8 Å². The number of terminal acetylenes is 1. The molecular formula is C11H13F3N2. The van der Waals surface area contributed by atoms with Gasteiger partial charge in [-0.2, -0.15) is 18.4 Å². The van der Waals surface area contributed by atoms with Gasteiger partial charge in [-0.25, -0.2) is 0 Å². The lowest BCUT2D eigenvalue weighted by Crippen LogP contribution is -2.50. The van der Waals surface area contributed by atoms with E-state index in [0.717, 1.165) is 0 Å². The molecule has 1 aliphatic carbocycles. The summed E-state index contributed by atoms with van der Waals surface area (Å²) in [7, 11) is 0. The zero-order valence-electron chi connectivity index (χ0n) is 8.77. The van der Waals surface area contributed by atoms with Gasteiger partial charge in [0.2, 0.25) is 0 Å². The average molecular weight is 230 g/mol. The van der Waals surface area contributed by atoms with Crippen molar-refractivity contribution in [3.8, 4) is 18.4 Å². The number of alkyl halides is 3. The maximum absolute atomic E-state index is 12.6. The first-order chi connectivity index (χ1) is 7.43. The van der Waals surface area contributed by atoms with Crippen LogP contribution in [0.25, 0.3) is 0 Å². The summed E-state index contributed by atoms with van der Waals surface area (Å²) in [6, 6.07) is 1.95. The highest BCUT2D eigenvalue weighted by atomic mass is 19.4. The van der Waals surface area contributed by atoms with Crippen LogP contribution in [0.2, 0.25) is 0 Å². The minimum absolute atomic E-state index is 0.102. The number of nitrogens with zero attached hydrogens (tertiary/aromatic N) is 1. The fraction of sp³-hybridized carbons (Fsp3) is 0.727. The Kier molecular flexibility index (Phi) is 3.83. The molecule has 1 aliphatic rings. The fourth-order valence-electron chi connectivity index (χ4n) is 2.08. The van der Waals surface area contributed by atoms with Gasteiger partial charge in [-0.15, -0.1) is 6.42 Å². The van der Waals surface area contributed by atoms with E-state index in [0.29, 0.717) is 12.8 Å². The number of hydrogen-bond acceptors (Lipinski definition) is 2. The number of rotatable bonds is 2. The molecule has 0 saturated heterocycles. The lowest BCUT2D eigenvalue weighted by Gasteiger charge is -2.36. The minimum Gasteiger partial charge on any atom is -0.288 e. The van der Waals surface area contributed by atoms with Gasteiger partial charge in [0, 0.05) is 0 Å². The van der Waals surface area contributed by atoms with Crippen molar-refractivity contribution < 1.29 is 13.2 Å². The molecule has 1 fully saturated rings. The largest absolute Gasteiger partial charge is 0.391 e. The molecule has 2 atom stereocenters. The van der Waals surface area contributed by atoms with Crippen LogP contribution in [0.15, 0.2) is 0 Å². The molecule has 0 heterocycles. The third-order valence-electron chi connectivity index (χ3n) is 2.96. The molecule has 0 amide bonds. The summed E-state index contributed by atoms with van der Waals surface area (Å²) in [6.07, 6.45) is 1.54. The molecule has 5 heteroatoms. The van der Waals surface area contributed by atoms with Gasteiger partial charge < -0.3 is 0 Å². The standard InChI is InChI=1S/C11H13F3N2/c1-2-6-16-10(8-15)5-3-4-9(7-10)11(12,13)14/h1,9,16H,3-7H2. The highest BCUT2D eigenvalue weighted by molar-refractivity contribution is 5.12. The molecule has 0 bridgehead atoms. The molecule has 88 valence electrons.